The van der Waals surface area contributed by atoms with Gasteiger partial charge in [-0.15, -0.1) is 0 Å². The Hall–Kier alpha value is -0.893. The first-order chi connectivity index (χ1) is 11.1. The zero-order valence-corrected chi connectivity index (χ0v) is 17.3. The van der Waals surface area contributed by atoms with Gasteiger partial charge in [0.1, 0.15) is 29.7 Å². The molecule has 0 spiro atoms. The molecule has 1 aliphatic rings. The summed E-state index contributed by atoms with van der Waals surface area (Å²) in [7, 11) is -0.256. The Morgan fingerprint density at radius 3 is 2.62 bits per heavy atom. The van der Waals surface area contributed by atoms with Gasteiger partial charge in [0.2, 0.25) is 8.32 Å². The number of hydrogen-bond donors (Lipinski definition) is 0. The molecule has 0 aromatic heterocycles. The molecule has 0 amide bonds. The molecule has 1 atom stereocenters. The van der Waals surface area contributed by atoms with E-state index in [1.54, 1.807) is 13.2 Å². The summed E-state index contributed by atoms with van der Waals surface area (Å²) >= 11 is 3.23. The maximum absolute atomic E-state index is 14.0. The Labute approximate surface area is 152 Å². The molecular formula is C17H24BrFO4Si. The molecule has 1 unspecified atom stereocenters. The van der Waals surface area contributed by atoms with Crippen molar-refractivity contribution in [1.29, 1.82) is 0 Å². The highest BCUT2D eigenvalue weighted by Crippen LogP contribution is 2.41. The lowest BCUT2D eigenvalue weighted by atomic mass is 9.96. The fraction of sp³-hybridized carbons (Fsp3) is 0.529. The molecule has 4 nitrogen and oxygen atoms in total. The molecule has 1 heterocycles. The van der Waals surface area contributed by atoms with Gasteiger partial charge in [-0.05, 0) is 48.6 Å². The zero-order chi connectivity index (χ0) is 18.0. The van der Waals surface area contributed by atoms with Crippen molar-refractivity contribution in [2.24, 2.45) is 0 Å². The smallest absolute Gasteiger partial charge is 0.242 e. The predicted molar refractivity (Wildman–Crippen MR) is 98.0 cm³/mol. The van der Waals surface area contributed by atoms with E-state index in [4.69, 9.17) is 18.6 Å². The third-order valence-corrected chi connectivity index (χ3v) is 4.87. The highest BCUT2D eigenvalue weighted by atomic mass is 79.9. The first kappa shape index (κ1) is 19.4. The lowest BCUT2D eigenvalue weighted by Crippen LogP contribution is -2.36. The standard InChI is InChI=1S/C17H24BrFO4Si/c1-17(6-7-21-11-20-2)10-16(23-24(3,4)5)12-8-13(18)14(19)9-15(12)22-17/h8-10H,6-7,11H2,1-5H3. The second-order valence-electron chi connectivity index (χ2n) is 6.97. The van der Waals surface area contributed by atoms with Crippen LogP contribution in [0.15, 0.2) is 22.7 Å². The molecule has 134 valence electrons. The lowest BCUT2D eigenvalue weighted by Gasteiger charge is -2.36. The summed E-state index contributed by atoms with van der Waals surface area (Å²) < 4.78 is 36.9. The minimum atomic E-state index is -1.83. The summed E-state index contributed by atoms with van der Waals surface area (Å²) in [6, 6.07) is 3.10. The van der Waals surface area contributed by atoms with Crippen molar-refractivity contribution < 1.29 is 23.0 Å². The van der Waals surface area contributed by atoms with E-state index in [1.807, 2.05) is 13.0 Å². The minimum Gasteiger partial charge on any atom is -0.544 e. The van der Waals surface area contributed by atoms with Crippen LogP contribution in [0.2, 0.25) is 19.6 Å². The van der Waals surface area contributed by atoms with Crippen LogP contribution in [-0.2, 0) is 13.9 Å². The van der Waals surface area contributed by atoms with E-state index < -0.39 is 13.9 Å². The second-order valence-corrected chi connectivity index (χ2v) is 12.2. The highest BCUT2D eigenvalue weighted by molar-refractivity contribution is 9.10. The van der Waals surface area contributed by atoms with Gasteiger partial charge in [0.05, 0.1) is 16.6 Å². The molecule has 24 heavy (non-hydrogen) atoms. The van der Waals surface area contributed by atoms with Crippen LogP contribution in [0.3, 0.4) is 0 Å². The number of ether oxygens (including phenoxy) is 3. The highest BCUT2D eigenvalue weighted by Gasteiger charge is 2.34. The summed E-state index contributed by atoms with van der Waals surface area (Å²) in [5, 5.41) is 0. The third kappa shape index (κ3) is 5.05. The van der Waals surface area contributed by atoms with Gasteiger partial charge in [-0.3, -0.25) is 0 Å². The molecule has 0 fully saturated rings. The van der Waals surface area contributed by atoms with E-state index in [2.05, 4.69) is 35.6 Å². The van der Waals surface area contributed by atoms with Crippen molar-refractivity contribution >= 4 is 30.0 Å². The van der Waals surface area contributed by atoms with Gasteiger partial charge in [-0.25, -0.2) is 4.39 Å². The van der Waals surface area contributed by atoms with Gasteiger partial charge >= 0.3 is 0 Å². The van der Waals surface area contributed by atoms with E-state index in [0.717, 1.165) is 11.3 Å². The molecule has 0 bridgehead atoms. The van der Waals surface area contributed by atoms with Crippen molar-refractivity contribution in [3.63, 3.8) is 0 Å². The van der Waals surface area contributed by atoms with Gasteiger partial charge in [0.25, 0.3) is 0 Å². The van der Waals surface area contributed by atoms with Crippen LogP contribution in [0.5, 0.6) is 5.75 Å². The number of methoxy groups -OCH3 is 1. The topological polar surface area (TPSA) is 36.9 Å². The number of hydrogen-bond acceptors (Lipinski definition) is 4. The van der Waals surface area contributed by atoms with Crippen molar-refractivity contribution in [2.75, 3.05) is 20.5 Å². The maximum Gasteiger partial charge on any atom is 0.242 e. The van der Waals surface area contributed by atoms with Gasteiger partial charge in [0.15, 0.2) is 0 Å². The van der Waals surface area contributed by atoms with Crippen LogP contribution in [-0.4, -0.2) is 34.4 Å². The van der Waals surface area contributed by atoms with Crippen LogP contribution >= 0.6 is 15.9 Å². The van der Waals surface area contributed by atoms with Crippen LogP contribution in [0, 0.1) is 5.82 Å². The van der Waals surface area contributed by atoms with Crippen molar-refractivity contribution in [3.8, 4) is 5.75 Å². The second kappa shape index (κ2) is 7.55. The molecule has 0 radical (unpaired) electrons. The molecule has 2 rings (SSSR count). The van der Waals surface area contributed by atoms with Crippen molar-refractivity contribution in [1.82, 2.24) is 0 Å². The minimum absolute atomic E-state index is 0.232. The monoisotopic (exact) mass is 418 g/mol. The zero-order valence-electron chi connectivity index (χ0n) is 14.7. The number of rotatable bonds is 7. The number of fused-ring (bicyclic) bond motifs is 1. The first-order valence-corrected chi connectivity index (χ1v) is 12.0. The van der Waals surface area contributed by atoms with E-state index >= 15 is 0 Å². The molecular weight excluding hydrogens is 395 g/mol. The average molecular weight is 419 g/mol. The van der Waals surface area contributed by atoms with Gasteiger partial charge in [0, 0.05) is 25.7 Å². The van der Waals surface area contributed by atoms with E-state index in [0.29, 0.717) is 23.2 Å². The largest absolute Gasteiger partial charge is 0.544 e. The SMILES string of the molecule is COCOCCC1(C)C=C(O[Si](C)(C)C)c2cc(Br)c(F)cc2O1. The first-order valence-electron chi connectivity index (χ1n) is 7.80. The fourth-order valence-corrected chi connectivity index (χ4v) is 3.57. The Balaban J connectivity index is 2.33. The molecule has 1 aromatic rings. The van der Waals surface area contributed by atoms with E-state index in [-0.39, 0.29) is 12.6 Å². The van der Waals surface area contributed by atoms with Gasteiger partial charge < -0.3 is 18.6 Å². The van der Waals surface area contributed by atoms with E-state index in [9.17, 15) is 4.39 Å². The lowest BCUT2D eigenvalue weighted by molar-refractivity contribution is -0.0435. The van der Waals surface area contributed by atoms with Crippen LogP contribution in [0.25, 0.3) is 5.76 Å². The summed E-state index contributed by atoms with van der Waals surface area (Å²) in [4.78, 5) is 0. The Morgan fingerprint density at radius 2 is 2.00 bits per heavy atom. The van der Waals surface area contributed by atoms with Crippen molar-refractivity contribution in [2.45, 2.75) is 38.6 Å². The molecule has 1 aliphatic heterocycles. The van der Waals surface area contributed by atoms with Gasteiger partial charge in [-0.1, -0.05) is 0 Å². The number of benzene rings is 1. The van der Waals surface area contributed by atoms with Crippen LogP contribution < -0.4 is 4.74 Å². The van der Waals surface area contributed by atoms with Crippen LogP contribution in [0.1, 0.15) is 18.9 Å². The predicted octanol–water partition coefficient (Wildman–Crippen LogP) is 4.94. The van der Waals surface area contributed by atoms with Crippen LogP contribution in [0.4, 0.5) is 4.39 Å². The molecule has 0 N–H and O–H groups in total. The average Bonchev–Trinajstić information content (AvgIpc) is 2.44. The maximum atomic E-state index is 14.0. The Kier molecular flexibility index (Phi) is 6.12. The molecule has 0 saturated heterocycles. The summed E-state index contributed by atoms with van der Waals surface area (Å²) in [5.41, 5.74) is 0.136. The number of halogens is 2. The quantitative estimate of drug-likeness (QED) is 0.356. The Bertz CT molecular complexity index is 630. The summed E-state index contributed by atoms with van der Waals surface area (Å²) in [5.74, 6) is 0.868. The fourth-order valence-electron chi connectivity index (χ4n) is 2.40. The Morgan fingerprint density at radius 1 is 1.29 bits per heavy atom. The molecule has 7 heteroatoms. The van der Waals surface area contributed by atoms with Crippen molar-refractivity contribution in [3.05, 3.63) is 34.1 Å². The van der Waals surface area contributed by atoms with E-state index in [1.165, 1.54) is 6.07 Å². The summed E-state index contributed by atoms with van der Waals surface area (Å²) in [6.45, 7) is 8.98. The normalized spacial score (nSPS) is 20.2. The third-order valence-electron chi connectivity index (χ3n) is 3.43. The molecule has 1 aromatic carbocycles. The molecule has 0 aliphatic carbocycles. The molecule has 0 saturated carbocycles. The van der Waals surface area contributed by atoms with Gasteiger partial charge in [-0.2, -0.15) is 0 Å². The summed E-state index contributed by atoms with van der Waals surface area (Å²) in [6.07, 6.45) is 2.57.